The summed E-state index contributed by atoms with van der Waals surface area (Å²) in [6.07, 6.45) is 1.19. The molecule has 142 valence electrons. The van der Waals surface area contributed by atoms with Crippen molar-refractivity contribution in [2.45, 2.75) is 82.1 Å². The zero-order valence-corrected chi connectivity index (χ0v) is 17.4. The summed E-state index contributed by atoms with van der Waals surface area (Å²) in [5.41, 5.74) is 4.62. The van der Waals surface area contributed by atoms with E-state index in [-0.39, 0.29) is 28.1 Å². The molecule has 0 radical (unpaired) electrons. The molecule has 1 amide bonds. The fourth-order valence-electron chi connectivity index (χ4n) is 3.33. The Morgan fingerprint density at radius 3 is 1.50 bits per heavy atom. The molecule has 4 nitrogen and oxygen atoms in total. The lowest BCUT2D eigenvalue weighted by atomic mass is 9.54. The maximum absolute atomic E-state index is 12.2. The predicted molar refractivity (Wildman–Crippen MR) is 99.5 cm³/mol. The minimum absolute atomic E-state index is 0.0245. The molecule has 0 aromatic rings. The molecule has 0 bridgehead atoms. The van der Waals surface area contributed by atoms with Crippen LogP contribution >= 0.6 is 0 Å². The normalized spacial score (nSPS) is 16.6. The number of carboxylic acid groups (broad SMARTS) is 1. The van der Waals surface area contributed by atoms with Crippen LogP contribution in [0.3, 0.4) is 0 Å². The Bertz CT molecular complexity index is 464. The van der Waals surface area contributed by atoms with Gasteiger partial charge in [-0.05, 0) is 34.5 Å². The zero-order valence-electron chi connectivity index (χ0n) is 17.4. The highest BCUT2D eigenvalue weighted by Gasteiger charge is 2.49. The van der Waals surface area contributed by atoms with Gasteiger partial charge in [-0.15, -0.1) is 0 Å². The Hall–Kier alpha value is -1.06. The van der Waals surface area contributed by atoms with Gasteiger partial charge in [-0.2, -0.15) is 0 Å². The van der Waals surface area contributed by atoms with Crippen LogP contribution in [0.4, 0.5) is 0 Å². The minimum Gasteiger partial charge on any atom is -0.481 e. The van der Waals surface area contributed by atoms with E-state index >= 15 is 0 Å². The summed E-state index contributed by atoms with van der Waals surface area (Å²) in [6, 6.07) is 0. The van der Waals surface area contributed by atoms with E-state index in [4.69, 9.17) is 5.73 Å². The van der Waals surface area contributed by atoms with Crippen molar-refractivity contribution in [3.63, 3.8) is 0 Å². The molecule has 0 aromatic carbocycles. The average molecular weight is 342 g/mol. The number of carbonyl (C=O) groups excluding carboxylic acids is 1. The van der Waals surface area contributed by atoms with Crippen LogP contribution in [0.25, 0.3) is 0 Å². The second-order valence-corrected chi connectivity index (χ2v) is 10.8. The molecule has 0 aromatic heterocycles. The molecule has 24 heavy (non-hydrogen) atoms. The maximum atomic E-state index is 12.2. The largest absolute Gasteiger partial charge is 0.481 e. The monoisotopic (exact) mass is 341 g/mol. The Labute approximate surface area is 148 Å². The van der Waals surface area contributed by atoms with E-state index in [1.807, 2.05) is 20.8 Å². The number of hydrogen-bond acceptors (Lipinski definition) is 2. The topological polar surface area (TPSA) is 80.4 Å². The quantitative estimate of drug-likeness (QED) is 0.703. The van der Waals surface area contributed by atoms with Gasteiger partial charge in [0.2, 0.25) is 5.91 Å². The van der Waals surface area contributed by atoms with Crippen molar-refractivity contribution in [3.05, 3.63) is 0 Å². The molecule has 0 heterocycles. The van der Waals surface area contributed by atoms with Gasteiger partial charge in [-0.1, -0.05) is 69.2 Å². The number of aliphatic carboxylic acids is 1. The Morgan fingerprint density at radius 2 is 1.25 bits per heavy atom. The van der Waals surface area contributed by atoms with Crippen LogP contribution in [-0.2, 0) is 9.59 Å². The summed E-state index contributed by atoms with van der Waals surface area (Å²) in [6.45, 7) is 20.4. The number of carbonyl (C=O) groups is 2. The molecule has 0 saturated heterocycles. The van der Waals surface area contributed by atoms with Crippen molar-refractivity contribution < 1.29 is 14.7 Å². The van der Waals surface area contributed by atoms with Gasteiger partial charge in [-0.25, -0.2) is 0 Å². The summed E-state index contributed by atoms with van der Waals surface area (Å²) in [7, 11) is 0. The Balaban J connectivity index is 5.77. The summed E-state index contributed by atoms with van der Waals surface area (Å²) in [5.74, 6) is -1.86. The molecule has 2 unspecified atom stereocenters. The van der Waals surface area contributed by atoms with Crippen molar-refractivity contribution in [1.82, 2.24) is 0 Å². The van der Waals surface area contributed by atoms with E-state index in [0.29, 0.717) is 12.8 Å². The molecule has 4 heteroatoms. The lowest BCUT2D eigenvalue weighted by molar-refractivity contribution is -0.149. The molecule has 2 atom stereocenters. The summed E-state index contributed by atoms with van der Waals surface area (Å²) >= 11 is 0. The Morgan fingerprint density at radius 1 is 0.833 bits per heavy atom. The first-order chi connectivity index (χ1) is 10.3. The second-order valence-electron chi connectivity index (χ2n) is 10.8. The Kier molecular flexibility index (Phi) is 6.74. The molecule has 0 saturated carbocycles. The summed E-state index contributed by atoms with van der Waals surface area (Å²) in [4.78, 5) is 24.0. The standard InChI is InChI=1S/C20H39NO3/c1-17(2,3)11-13(15(21)22)20(9,10)19(7,8)12-14(16(23)24)18(4,5)6/h13-14H,11-12H2,1-10H3,(H2,21,22)(H,23,24). The van der Waals surface area contributed by atoms with Crippen molar-refractivity contribution in [1.29, 1.82) is 0 Å². The molecule has 3 N–H and O–H groups in total. The predicted octanol–water partition coefficient (Wildman–Crippen LogP) is 4.71. The first-order valence-corrected chi connectivity index (χ1v) is 8.85. The third-order valence-corrected chi connectivity index (χ3v) is 5.83. The van der Waals surface area contributed by atoms with Gasteiger partial charge in [0.1, 0.15) is 0 Å². The van der Waals surface area contributed by atoms with E-state index in [1.165, 1.54) is 0 Å². The van der Waals surface area contributed by atoms with Crippen LogP contribution in [0.15, 0.2) is 0 Å². The van der Waals surface area contributed by atoms with Crippen molar-refractivity contribution >= 4 is 11.9 Å². The number of primary amides is 1. The lowest BCUT2D eigenvalue weighted by Crippen LogP contribution is -2.48. The van der Waals surface area contributed by atoms with Crippen LogP contribution in [0.5, 0.6) is 0 Å². The summed E-state index contributed by atoms with van der Waals surface area (Å²) in [5, 5.41) is 9.68. The van der Waals surface area contributed by atoms with Crippen LogP contribution < -0.4 is 5.73 Å². The smallest absolute Gasteiger partial charge is 0.307 e. The van der Waals surface area contributed by atoms with Gasteiger partial charge in [0.05, 0.1) is 5.92 Å². The average Bonchev–Trinajstić information content (AvgIpc) is 2.29. The van der Waals surface area contributed by atoms with Crippen molar-refractivity contribution in [3.8, 4) is 0 Å². The van der Waals surface area contributed by atoms with E-state index in [9.17, 15) is 14.7 Å². The highest BCUT2D eigenvalue weighted by atomic mass is 16.4. The molecular weight excluding hydrogens is 302 g/mol. The fraction of sp³-hybridized carbons (Fsp3) is 0.900. The molecule has 0 spiro atoms. The van der Waals surface area contributed by atoms with Crippen LogP contribution in [0.2, 0.25) is 0 Å². The molecule has 0 fully saturated rings. The third-order valence-electron chi connectivity index (χ3n) is 5.83. The zero-order chi connectivity index (χ0) is 19.7. The summed E-state index contributed by atoms with van der Waals surface area (Å²) < 4.78 is 0. The molecule has 0 aliphatic carbocycles. The van der Waals surface area contributed by atoms with Gasteiger partial charge in [-0.3, -0.25) is 9.59 Å². The molecular formula is C20H39NO3. The third kappa shape index (κ3) is 5.78. The van der Waals surface area contributed by atoms with Crippen molar-refractivity contribution in [2.75, 3.05) is 0 Å². The van der Waals surface area contributed by atoms with Crippen LogP contribution in [-0.4, -0.2) is 17.0 Å². The fourth-order valence-corrected chi connectivity index (χ4v) is 3.33. The molecule has 0 rings (SSSR count). The van der Waals surface area contributed by atoms with Gasteiger partial charge in [0.15, 0.2) is 0 Å². The van der Waals surface area contributed by atoms with Gasteiger partial charge >= 0.3 is 5.97 Å². The first kappa shape index (κ1) is 22.9. The van der Waals surface area contributed by atoms with Gasteiger partial charge in [0, 0.05) is 5.92 Å². The van der Waals surface area contributed by atoms with Crippen LogP contribution in [0.1, 0.15) is 82.1 Å². The van der Waals surface area contributed by atoms with Crippen LogP contribution in [0, 0.1) is 33.5 Å². The number of carboxylic acids is 1. The van der Waals surface area contributed by atoms with E-state index < -0.39 is 17.3 Å². The molecule has 0 aliphatic rings. The second kappa shape index (κ2) is 7.05. The lowest BCUT2D eigenvalue weighted by Gasteiger charge is -2.49. The number of amides is 1. The highest BCUT2D eigenvalue weighted by Crippen LogP contribution is 2.52. The van der Waals surface area contributed by atoms with E-state index in [1.54, 1.807) is 0 Å². The highest BCUT2D eigenvalue weighted by molar-refractivity contribution is 5.77. The minimum atomic E-state index is -0.780. The van der Waals surface area contributed by atoms with E-state index in [0.717, 1.165) is 0 Å². The van der Waals surface area contributed by atoms with E-state index in [2.05, 4.69) is 48.5 Å². The van der Waals surface area contributed by atoms with Gasteiger partial charge < -0.3 is 10.8 Å². The first-order valence-electron chi connectivity index (χ1n) is 8.85. The molecule has 0 aliphatic heterocycles. The maximum Gasteiger partial charge on any atom is 0.307 e. The van der Waals surface area contributed by atoms with Crippen molar-refractivity contribution in [2.24, 2.45) is 39.2 Å². The number of rotatable bonds is 7. The number of nitrogens with two attached hydrogens (primary N) is 1. The number of hydrogen-bond donors (Lipinski definition) is 2. The van der Waals surface area contributed by atoms with Gasteiger partial charge in [0.25, 0.3) is 0 Å². The SMILES string of the molecule is CC(C)(C)CC(C(N)=O)C(C)(C)C(C)(C)CC(C(=O)O)C(C)(C)C.